The van der Waals surface area contributed by atoms with Crippen LogP contribution in [0, 0.1) is 5.92 Å². The molecular weight excluding hydrogens is 236 g/mol. The van der Waals surface area contributed by atoms with E-state index in [1.165, 1.54) is 38.8 Å². The summed E-state index contributed by atoms with van der Waals surface area (Å²) < 4.78 is 5.78. The van der Waals surface area contributed by atoms with Crippen LogP contribution in [0.3, 0.4) is 0 Å². The lowest BCUT2D eigenvalue weighted by Crippen LogP contribution is -2.64. The first kappa shape index (κ1) is 15.3. The first-order chi connectivity index (χ1) is 9.04. The summed E-state index contributed by atoms with van der Waals surface area (Å²) >= 11 is 0. The maximum absolute atomic E-state index is 5.78. The topological polar surface area (TPSA) is 24.5 Å². The van der Waals surface area contributed by atoms with Crippen LogP contribution in [0.1, 0.15) is 53.4 Å². The predicted octanol–water partition coefficient (Wildman–Crippen LogP) is 2.65. The fourth-order valence-electron chi connectivity index (χ4n) is 3.42. The lowest BCUT2D eigenvalue weighted by Gasteiger charge is -2.47. The van der Waals surface area contributed by atoms with Gasteiger partial charge in [0.05, 0.1) is 6.10 Å². The molecule has 0 saturated carbocycles. The van der Waals surface area contributed by atoms with Crippen LogP contribution >= 0.6 is 0 Å². The van der Waals surface area contributed by atoms with Gasteiger partial charge in [0.25, 0.3) is 0 Å². The molecular formula is C16H32N2O. The van der Waals surface area contributed by atoms with E-state index in [1.807, 2.05) is 0 Å². The van der Waals surface area contributed by atoms with Gasteiger partial charge in [0.1, 0.15) is 0 Å². The van der Waals surface area contributed by atoms with Gasteiger partial charge in [0.15, 0.2) is 0 Å². The van der Waals surface area contributed by atoms with E-state index >= 15 is 0 Å². The van der Waals surface area contributed by atoms with Crippen LogP contribution < -0.4 is 5.32 Å². The Balaban J connectivity index is 1.91. The number of ether oxygens (including phenoxy) is 1. The molecule has 0 spiro atoms. The van der Waals surface area contributed by atoms with Crippen LogP contribution in [0.4, 0.5) is 0 Å². The molecule has 19 heavy (non-hydrogen) atoms. The zero-order valence-corrected chi connectivity index (χ0v) is 13.2. The third-order valence-corrected chi connectivity index (χ3v) is 5.07. The minimum absolute atomic E-state index is 0.294. The Bertz CT molecular complexity index is 276. The Hall–Kier alpha value is -0.120. The Kier molecular flexibility index (Phi) is 5.27. The second-order valence-corrected chi connectivity index (χ2v) is 7.00. The fourth-order valence-corrected chi connectivity index (χ4v) is 3.42. The van der Waals surface area contributed by atoms with Crippen LogP contribution in [-0.2, 0) is 4.74 Å². The molecule has 2 rings (SSSR count). The van der Waals surface area contributed by atoms with Crippen molar-refractivity contribution in [1.82, 2.24) is 10.2 Å². The van der Waals surface area contributed by atoms with E-state index in [9.17, 15) is 0 Å². The molecule has 2 saturated heterocycles. The molecule has 3 atom stereocenters. The van der Waals surface area contributed by atoms with Gasteiger partial charge in [-0.2, -0.15) is 0 Å². The summed E-state index contributed by atoms with van der Waals surface area (Å²) in [6.45, 7) is 13.8. The summed E-state index contributed by atoms with van der Waals surface area (Å²) in [5.74, 6) is 0.721. The second kappa shape index (κ2) is 6.55. The Morgan fingerprint density at radius 2 is 2.21 bits per heavy atom. The van der Waals surface area contributed by atoms with Gasteiger partial charge in [0, 0.05) is 37.8 Å². The van der Waals surface area contributed by atoms with E-state index in [4.69, 9.17) is 4.74 Å². The van der Waals surface area contributed by atoms with Crippen molar-refractivity contribution < 1.29 is 4.74 Å². The van der Waals surface area contributed by atoms with Gasteiger partial charge in [-0.05, 0) is 38.5 Å². The molecule has 1 N–H and O–H groups in total. The van der Waals surface area contributed by atoms with Crippen LogP contribution in [0.25, 0.3) is 0 Å². The van der Waals surface area contributed by atoms with Crippen LogP contribution in [-0.4, -0.2) is 48.8 Å². The zero-order valence-electron chi connectivity index (χ0n) is 13.2. The smallest absolute Gasteiger partial charge is 0.0588 e. The predicted molar refractivity (Wildman–Crippen MR) is 80.5 cm³/mol. The van der Waals surface area contributed by atoms with Gasteiger partial charge < -0.3 is 10.1 Å². The summed E-state index contributed by atoms with van der Waals surface area (Å²) in [6, 6.07) is 0.682. The number of rotatable bonds is 5. The number of nitrogens with zero attached hydrogens (tertiary/aromatic N) is 1. The number of hydrogen-bond acceptors (Lipinski definition) is 3. The molecule has 112 valence electrons. The van der Waals surface area contributed by atoms with Gasteiger partial charge >= 0.3 is 0 Å². The van der Waals surface area contributed by atoms with Crippen molar-refractivity contribution in [2.45, 2.75) is 71.1 Å². The molecule has 0 amide bonds. The van der Waals surface area contributed by atoms with Crippen LogP contribution in [0.15, 0.2) is 0 Å². The van der Waals surface area contributed by atoms with Crippen molar-refractivity contribution in [2.24, 2.45) is 5.92 Å². The molecule has 2 heterocycles. The lowest BCUT2D eigenvalue weighted by atomic mass is 9.89. The Morgan fingerprint density at radius 1 is 1.42 bits per heavy atom. The second-order valence-electron chi connectivity index (χ2n) is 7.00. The largest absolute Gasteiger partial charge is 0.378 e. The molecule has 0 bridgehead atoms. The van der Waals surface area contributed by atoms with E-state index in [0.29, 0.717) is 17.7 Å². The first-order valence-electron chi connectivity index (χ1n) is 8.15. The van der Waals surface area contributed by atoms with Crippen LogP contribution in [0.5, 0.6) is 0 Å². The van der Waals surface area contributed by atoms with E-state index < -0.39 is 0 Å². The molecule has 3 unspecified atom stereocenters. The van der Waals surface area contributed by atoms with Crippen LogP contribution in [0.2, 0.25) is 0 Å². The standard InChI is InChI=1S/C16H32N2O/c1-5-16(4)12-18(15(11-17-16)13(2)3)9-8-14-7-6-10-19-14/h13-15,17H,5-12H2,1-4H3. The lowest BCUT2D eigenvalue weighted by molar-refractivity contribution is 0.0374. The molecule has 2 aliphatic rings. The van der Waals surface area contributed by atoms with Crippen molar-refractivity contribution in [3.63, 3.8) is 0 Å². The molecule has 3 heteroatoms. The zero-order chi connectivity index (χ0) is 13.9. The SMILES string of the molecule is CCC1(C)CN(CCC2CCCO2)C(C(C)C)CN1. The maximum Gasteiger partial charge on any atom is 0.0588 e. The van der Waals surface area contributed by atoms with Crippen molar-refractivity contribution >= 4 is 0 Å². The summed E-state index contributed by atoms with van der Waals surface area (Å²) in [5.41, 5.74) is 0.294. The highest BCUT2D eigenvalue weighted by molar-refractivity contribution is 4.95. The van der Waals surface area contributed by atoms with Gasteiger partial charge in [-0.3, -0.25) is 4.90 Å². The highest BCUT2D eigenvalue weighted by atomic mass is 16.5. The highest BCUT2D eigenvalue weighted by Crippen LogP contribution is 2.24. The third-order valence-electron chi connectivity index (χ3n) is 5.07. The maximum atomic E-state index is 5.78. The minimum atomic E-state index is 0.294. The average molecular weight is 268 g/mol. The van der Waals surface area contributed by atoms with E-state index in [0.717, 1.165) is 19.1 Å². The van der Waals surface area contributed by atoms with Gasteiger partial charge in [-0.1, -0.05) is 20.8 Å². The van der Waals surface area contributed by atoms with E-state index in [2.05, 4.69) is 37.9 Å². The Morgan fingerprint density at radius 3 is 2.79 bits per heavy atom. The average Bonchev–Trinajstić information content (AvgIpc) is 2.89. The molecule has 0 aromatic rings. The number of hydrogen-bond donors (Lipinski definition) is 1. The number of piperazine rings is 1. The molecule has 2 fully saturated rings. The quantitative estimate of drug-likeness (QED) is 0.829. The van der Waals surface area contributed by atoms with E-state index in [-0.39, 0.29) is 0 Å². The summed E-state index contributed by atoms with van der Waals surface area (Å²) in [6.07, 6.45) is 5.46. The molecule has 3 nitrogen and oxygen atoms in total. The molecule has 2 aliphatic heterocycles. The molecule has 0 aliphatic carbocycles. The summed E-state index contributed by atoms with van der Waals surface area (Å²) in [4.78, 5) is 2.71. The van der Waals surface area contributed by atoms with Gasteiger partial charge in [-0.15, -0.1) is 0 Å². The van der Waals surface area contributed by atoms with Crippen molar-refractivity contribution in [1.29, 1.82) is 0 Å². The molecule has 0 radical (unpaired) electrons. The summed E-state index contributed by atoms with van der Waals surface area (Å²) in [5, 5.41) is 3.76. The third kappa shape index (κ3) is 3.93. The normalized spacial score (nSPS) is 37.1. The Labute approximate surface area is 119 Å². The van der Waals surface area contributed by atoms with Crippen molar-refractivity contribution in [3.05, 3.63) is 0 Å². The number of nitrogens with one attached hydrogen (secondary N) is 1. The van der Waals surface area contributed by atoms with Gasteiger partial charge in [0.2, 0.25) is 0 Å². The monoisotopic (exact) mass is 268 g/mol. The fraction of sp³-hybridized carbons (Fsp3) is 1.00. The minimum Gasteiger partial charge on any atom is -0.378 e. The van der Waals surface area contributed by atoms with E-state index in [1.54, 1.807) is 0 Å². The first-order valence-corrected chi connectivity index (χ1v) is 8.15. The van der Waals surface area contributed by atoms with Gasteiger partial charge in [-0.25, -0.2) is 0 Å². The molecule has 0 aromatic carbocycles. The molecule has 0 aromatic heterocycles. The summed E-state index contributed by atoms with van der Waals surface area (Å²) in [7, 11) is 0. The highest BCUT2D eigenvalue weighted by Gasteiger charge is 2.35. The van der Waals surface area contributed by atoms with Crippen molar-refractivity contribution in [3.8, 4) is 0 Å². The van der Waals surface area contributed by atoms with Crippen molar-refractivity contribution in [2.75, 3.05) is 26.2 Å².